The maximum Gasteiger partial charge on any atom is 0.164 e. The van der Waals surface area contributed by atoms with Crippen molar-refractivity contribution in [1.29, 1.82) is 0 Å². The van der Waals surface area contributed by atoms with Crippen LogP contribution in [-0.2, 0) is 0 Å². The first-order valence-corrected chi connectivity index (χ1v) is 38.0. The van der Waals surface area contributed by atoms with Gasteiger partial charge in [0.1, 0.15) is 22.6 Å². The van der Waals surface area contributed by atoms with E-state index in [0.717, 1.165) is 168 Å². The monoisotopic (exact) mass is 1260 g/mol. The Morgan fingerprint density at radius 1 is 0.273 bits per heavy atom. The van der Waals surface area contributed by atoms with Gasteiger partial charge >= 0.3 is 0 Å². The predicted octanol–water partition coefficient (Wildman–Crippen LogP) is 18.8. The number of rotatable bonds is 40. The second-order valence-corrected chi connectivity index (χ2v) is 28.7. The van der Waals surface area contributed by atoms with E-state index >= 15 is 0 Å². The van der Waals surface area contributed by atoms with Crippen molar-refractivity contribution in [3.05, 3.63) is 72.8 Å². The average Bonchev–Trinajstić information content (AvgIpc) is 1.80. The van der Waals surface area contributed by atoms with Crippen molar-refractivity contribution in [2.45, 2.75) is 178 Å². The number of benzene rings is 4. The third-order valence-corrected chi connectivity index (χ3v) is 20.9. The number of nitrogens with zero attached hydrogens (tertiary/aromatic N) is 10. The standard InChI is InChI=1S/C72H102N12S4/c1-9-17-33-81(34-18-10-2)41-45-85-53-25-29-57-61(49-53)69-73-65(57)78-70-63-51-55(87-47-43-83(37-21-13-5)38-22-14-6)27-31-59(63)67(75-70)80-72-64-52-56(88-48-44-84(39-23-15-7)40-24-16-8)28-32-60(64)68(76-72)79-71-62-50-54(26-30-58(62)66(74-71)77-69)86-46-42-82(35-19-11-3)36-20-12-4/h25-32,49-52H,9-24,33-48H2,1-8H3,(H2,73,74,75,76,77,78,79,80). The van der Waals surface area contributed by atoms with E-state index in [1.807, 2.05) is 47.0 Å². The van der Waals surface area contributed by atoms with Crippen LogP contribution >= 0.6 is 47.0 Å². The quantitative estimate of drug-likeness (QED) is 0.0354. The smallest absolute Gasteiger partial charge is 0.164 e. The number of hydrogen-bond donors (Lipinski definition) is 2. The van der Waals surface area contributed by atoms with Gasteiger partial charge in [-0.2, -0.15) is 0 Å². The molecule has 0 radical (unpaired) electrons. The summed E-state index contributed by atoms with van der Waals surface area (Å²) in [7, 11) is 0. The number of fused-ring (bicyclic) bond motifs is 20. The maximum absolute atomic E-state index is 5.54. The molecule has 0 atom stereocenters. The zero-order valence-electron chi connectivity index (χ0n) is 54.7. The summed E-state index contributed by atoms with van der Waals surface area (Å²) in [5.41, 5.74) is 6.79. The van der Waals surface area contributed by atoms with Crippen molar-refractivity contribution >= 4 is 91.2 Å². The molecule has 5 heterocycles. The van der Waals surface area contributed by atoms with Gasteiger partial charge < -0.3 is 29.6 Å². The fourth-order valence-corrected chi connectivity index (χ4v) is 15.4. The largest absolute Gasteiger partial charge is 0.324 e. The molecule has 0 fully saturated rings. The lowest BCUT2D eigenvalue weighted by atomic mass is 10.1. The van der Waals surface area contributed by atoms with Crippen LogP contribution in [-0.4, -0.2) is 161 Å². The van der Waals surface area contributed by atoms with E-state index in [0.29, 0.717) is 23.3 Å². The summed E-state index contributed by atoms with van der Waals surface area (Å²) in [6, 6.07) is 27.2. The fourth-order valence-electron chi connectivity index (χ4n) is 11.6. The normalized spacial score (nSPS) is 12.3. The summed E-state index contributed by atoms with van der Waals surface area (Å²) in [6.45, 7) is 31.8. The Kier molecular flexibility index (Phi) is 27.7. The van der Waals surface area contributed by atoms with Crippen LogP contribution in [0.1, 0.15) is 158 Å². The summed E-state index contributed by atoms with van der Waals surface area (Å²) in [6.07, 6.45) is 19.6. The molecule has 3 aromatic heterocycles. The molecule has 2 aliphatic heterocycles. The maximum atomic E-state index is 5.54. The summed E-state index contributed by atoms with van der Waals surface area (Å²) in [5.74, 6) is 6.59. The molecular formula is C72H102N12S4. The Balaban J connectivity index is 1.19. The number of unbranched alkanes of at least 4 members (excludes halogenated alkanes) is 8. The highest BCUT2D eigenvalue weighted by Crippen LogP contribution is 2.41. The van der Waals surface area contributed by atoms with Crippen molar-refractivity contribution in [3.63, 3.8) is 0 Å². The number of hydrogen-bond acceptors (Lipinski definition) is 14. The van der Waals surface area contributed by atoms with Gasteiger partial charge in [0, 0.05) is 113 Å². The molecular weight excluding hydrogens is 1160 g/mol. The SMILES string of the molecule is CCCCN(CCCC)CCSc1ccc2c(c1)-c1nc-2nc2[nH]c(nc3nc(nc4[nH]c(n1)c1ccc(SCCN(CCCC)CCCC)cc41)-c1ccc(SCCN(CCCC)CCCC)cc1-3)c1ccc(SCCN(CCCC)CCCC)cc21. The minimum absolute atomic E-state index is 0.633. The summed E-state index contributed by atoms with van der Waals surface area (Å²) in [4.78, 5) is 56.0. The second-order valence-electron chi connectivity index (χ2n) is 24.0. The molecule has 474 valence electrons. The van der Waals surface area contributed by atoms with Crippen LogP contribution in [0, 0.1) is 0 Å². The van der Waals surface area contributed by atoms with E-state index < -0.39 is 0 Å². The highest BCUT2D eigenvalue weighted by Gasteiger charge is 2.24. The lowest BCUT2D eigenvalue weighted by molar-refractivity contribution is 0.281. The van der Waals surface area contributed by atoms with E-state index in [-0.39, 0.29) is 0 Å². The van der Waals surface area contributed by atoms with Gasteiger partial charge in [-0.15, -0.1) is 47.0 Å². The average molecular weight is 1260 g/mol. The van der Waals surface area contributed by atoms with Crippen LogP contribution in [0.3, 0.4) is 0 Å². The Morgan fingerprint density at radius 2 is 0.523 bits per heavy atom. The third-order valence-electron chi connectivity index (χ3n) is 17.0. The molecule has 7 aromatic rings. The molecule has 88 heavy (non-hydrogen) atoms. The van der Waals surface area contributed by atoms with E-state index in [1.165, 1.54) is 122 Å². The van der Waals surface area contributed by atoms with Crippen LogP contribution in [0.2, 0.25) is 0 Å². The molecule has 2 N–H and O–H groups in total. The van der Waals surface area contributed by atoms with Crippen LogP contribution in [0.4, 0.5) is 0 Å². The first-order valence-electron chi connectivity index (χ1n) is 34.1. The van der Waals surface area contributed by atoms with Gasteiger partial charge in [-0.25, -0.2) is 29.9 Å². The van der Waals surface area contributed by atoms with Gasteiger partial charge in [0.15, 0.2) is 23.3 Å². The Morgan fingerprint density at radius 3 is 0.807 bits per heavy atom. The van der Waals surface area contributed by atoms with Crippen molar-refractivity contribution in [2.75, 3.05) is 102 Å². The molecule has 12 nitrogen and oxygen atoms in total. The second kappa shape index (κ2) is 35.9. The Bertz CT molecular complexity index is 3210. The fraction of sp³-hybridized carbons (Fsp3) is 0.556. The minimum Gasteiger partial charge on any atom is -0.324 e. The van der Waals surface area contributed by atoms with Gasteiger partial charge in [0.05, 0.1) is 0 Å². The molecule has 0 unspecified atom stereocenters. The molecule has 8 bridgehead atoms. The summed E-state index contributed by atoms with van der Waals surface area (Å²) >= 11 is 7.69. The highest BCUT2D eigenvalue weighted by molar-refractivity contribution is 8.00. The Labute approximate surface area is 544 Å². The van der Waals surface area contributed by atoms with Crippen LogP contribution in [0.15, 0.2) is 92.4 Å². The minimum atomic E-state index is 0.633. The van der Waals surface area contributed by atoms with E-state index in [4.69, 9.17) is 29.9 Å². The molecule has 4 aromatic carbocycles. The van der Waals surface area contributed by atoms with Crippen molar-refractivity contribution in [1.82, 2.24) is 59.5 Å². The van der Waals surface area contributed by atoms with E-state index in [9.17, 15) is 0 Å². The highest BCUT2D eigenvalue weighted by atomic mass is 32.2. The molecule has 9 rings (SSSR count). The van der Waals surface area contributed by atoms with Crippen LogP contribution < -0.4 is 0 Å². The van der Waals surface area contributed by atoms with Crippen molar-refractivity contribution in [2.24, 2.45) is 0 Å². The number of thioether (sulfide) groups is 4. The Hall–Kier alpha value is -4.52. The van der Waals surface area contributed by atoms with Crippen LogP contribution in [0.25, 0.3) is 89.7 Å². The van der Waals surface area contributed by atoms with Crippen LogP contribution in [0.5, 0.6) is 0 Å². The molecule has 0 saturated heterocycles. The number of aromatic nitrogens is 8. The van der Waals surface area contributed by atoms with Gasteiger partial charge in [0.25, 0.3) is 0 Å². The van der Waals surface area contributed by atoms with Crippen molar-refractivity contribution in [3.8, 4) is 45.6 Å². The first kappa shape index (κ1) is 67.9. The van der Waals surface area contributed by atoms with E-state index in [2.05, 4.69) is 158 Å². The lowest BCUT2D eigenvalue weighted by Crippen LogP contribution is -2.28. The lowest BCUT2D eigenvalue weighted by Gasteiger charge is -2.21. The van der Waals surface area contributed by atoms with Gasteiger partial charge in [0.2, 0.25) is 0 Å². The molecule has 0 saturated carbocycles. The first-order chi connectivity index (χ1) is 43.3. The summed E-state index contributed by atoms with van der Waals surface area (Å²) in [5, 5.41) is 4.01. The van der Waals surface area contributed by atoms with Gasteiger partial charge in [-0.05, 0) is 177 Å². The number of aromatic amines is 2. The molecule has 2 aliphatic rings. The number of nitrogens with one attached hydrogen (secondary N) is 2. The van der Waals surface area contributed by atoms with Gasteiger partial charge in [-0.1, -0.05) is 107 Å². The third kappa shape index (κ3) is 18.8. The zero-order chi connectivity index (χ0) is 61.5. The van der Waals surface area contributed by atoms with E-state index in [1.54, 1.807) is 0 Å². The number of H-pyrrole nitrogens is 2. The van der Waals surface area contributed by atoms with Crippen molar-refractivity contribution < 1.29 is 0 Å². The van der Waals surface area contributed by atoms with Gasteiger partial charge in [-0.3, -0.25) is 0 Å². The molecule has 0 spiro atoms. The molecule has 0 aliphatic carbocycles. The summed E-state index contributed by atoms with van der Waals surface area (Å²) < 4.78 is 0. The topological polar surface area (TPSA) is 122 Å². The molecule has 16 heteroatoms. The predicted molar refractivity (Wildman–Crippen MR) is 384 cm³/mol. The molecule has 0 amide bonds. The zero-order valence-corrected chi connectivity index (χ0v) is 57.9.